The Kier molecular flexibility index (Phi) is 10.1. The summed E-state index contributed by atoms with van der Waals surface area (Å²) in [5.74, 6) is 0. The lowest BCUT2D eigenvalue weighted by atomic mass is 10.2. The predicted molar refractivity (Wildman–Crippen MR) is 85.0 cm³/mol. The Labute approximate surface area is 120 Å². The minimum absolute atomic E-state index is 0.268. The zero-order valence-corrected chi connectivity index (χ0v) is 14.4. The van der Waals surface area contributed by atoms with Crippen molar-refractivity contribution < 1.29 is 9.59 Å². The Bertz CT molecular complexity index is 246. The third-order valence-corrected chi connectivity index (χ3v) is 7.20. The Morgan fingerprint density at radius 2 is 1.05 bits per heavy atom. The second kappa shape index (κ2) is 10.4. The summed E-state index contributed by atoms with van der Waals surface area (Å²) in [6, 6.07) is 0. The molecule has 0 aliphatic rings. The zero-order valence-electron chi connectivity index (χ0n) is 13.4. The number of hydrogen-bond donors (Lipinski definition) is 0. The summed E-state index contributed by atoms with van der Waals surface area (Å²) in [5.41, 5.74) is 0. The smallest absolute Gasteiger partial charge is 0.202 e. The van der Waals surface area contributed by atoms with E-state index in [-0.39, 0.29) is 10.8 Å². The van der Waals surface area contributed by atoms with Crippen LogP contribution in [0.2, 0.25) is 13.1 Å². The molecule has 0 bridgehead atoms. The molecule has 0 N–H and O–H groups in total. The molecule has 0 unspecified atom stereocenters. The van der Waals surface area contributed by atoms with Gasteiger partial charge < -0.3 is 9.59 Å². The van der Waals surface area contributed by atoms with Gasteiger partial charge in [0.1, 0.15) is 10.8 Å². The molecule has 0 saturated heterocycles. The fourth-order valence-corrected chi connectivity index (χ4v) is 4.12. The molecule has 0 amide bonds. The van der Waals surface area contributed by atoms with Crippen molar-refractivity contribution in [2.75, 3.05) is 0 Å². The third kappa shape index (κ3) is 7.66. The van der Waals surface area contributed by atoms with Gasteiger partial charge in [-0.3, -0.25) is 0 Å². The standard InChI is InChI=1S/C16H32O2Si/c1-5-7-9-11-13-15(17)19(3,4)16(18)14-12-10-8-6-2/h5-14H2,1-4H3. The maximum absolute atomic E-state index is 12.2. The van der Waals surface area contributed by atoms with E-state index in [9.17, 15) is 9.59 Å². The predicted octanol–water partition coefficient (Wildman–Crippen LogP) is 4.85. The van der Waals surface area contributed by atoms with E-state index < -0.39 is 8.07 Å². The minimum atomic E-state index is -2.31. The molecule has 0 rings (SSSR count). The van der Waals surface area contributed by atoms with Gasteiger partial charge in [-0.25, -0.2) is 0 Å². The SMILES string of the molecule is CCCCCCC(=O)[Si](C)(C)C(=O)CCCCCC. The molecule has 0 atom stereocenters. The van der Waals surface area contributed by atoms with Gasteiger partial charge in [0.2, 0.25) is 8.07 Å². The zero-order chi connectivity index (χ0) is 14.7. The molecule has 0 heterocycles. The van der Waals surface area contributed by atoms with E-state index in [0.717, 1.165) is 25.7 Å². The van der Waals surface area contributed by atoms with E-state index in [1.807, 2.05) is 13.1 Å². The molecule has 0 fully saturated rings. The Morgan fingerprint density at radius 3 is 1.37 bits per heavy atom. The van der Waals surface area contributed by atoms with E-state index in [4.69, 9.17) is 0 Å². The van der Waals surface area contributed by atoms with Crippen LogP contribution in [0, 0.1) is 0 Å². The Balaban J connectivity index is 4.04. The number of carbonyl (C=O) groups excluding carboxylic acids is 2. The van der Waals surface area contributed by atoms with Crippen molar-refractivity contribution >= 4 is 18.9 Å². The molecular weight excluding hydrogens is 252 g/mol. The fraction of sp³-hybridized carbons (Fsp3) is 0.875. The van der Waals surface area contributed by atoms with Crippen molar-refractivity contribution in [3.8, 4) is 0 Å². The van der Waals surface area contributed by atoms with Gasteiger partial charge in [-0.15, -0.1) is 0 Å². The van der Waals surface area contributed by atoms with Gasteiger partial charge in [0.25, 0.3) is 0 Å². The highest BCUT2D eigenvalue weighted by molar-refractivity contribution is 7.23. The van der Waals surface area contributed by atoms with Crippen molar-refractivity contribution in [2.24, 2.45) is 0 Å². The molecule has 3 heteroatoms. The highest BCUT2D eigenvalue weighted by Crippen LogP contribution is 2.16. The first-order valence-electron chi connectivity index (χ1n) is 8.03. The lowest BCUT2D eigenvalue weighted by molar-refractivity contribution is -0.116. The Morgan fingerprint density at radius 1 is 0.684 bits per heavy atom. The first kappa shape index (κ1) is 18.6. The quantitative estimate of drug-likeness (QED) is 0.379. The maximum Gasteiger partial charge on any atom is 0.202 e. The number of hydrogen-bond acceptors (Lipinski definition) is 2. The van der Waals surface area contributed by atoms with Crippen LogP contribution in [0.1, 0.15) is 78.1 Å². The highest BCUT2D eigenvalue weighted by atomic mass is 28.3. The summed E-state index contributed by atoms with van der Waals surface area (Å²) < 4.78 is 0. The topological polar surface area (TPSA) is 34.1 Å². The number of rotatable bonds is 12. The molecule has 2 nitrogen and oxygen atoms in total. The van der Waals surface area contributed by atoms with Crippen LogP contribution >= 0.6 is 0 Å². The van der Waals surface area contributed by atoms with Crippen LogP contribution in [-0.4, -0.2) is 18.9 Å². The van der Waals surface area contributed by atoms with Gasteiger partial charge in [-0.1, -0.05) is 65.5 Å². The second-order valence-electron chi connectivity index (χ2n) is 6.09. The number of unbranched alkanes of at least 4 members (excludes halogenated alkanes) is 6. The number of carbonyl (C=O) groups is 2. The summed E-state index contributed by atoms with van der Waals surface area (Å²) in [5, 5.41) is 0.535. The first-order valence-corrected chi connectivity index (χ1v) is 11.0. The van der Waals surface area contributed by atoms with Crippen LogP contribution in [0.3, 0.4) is 0 Å². The molecule has 0 aromatic carbocycles. The van der Waals surface area contributed by atoms with Crippen molar-refractivity contribution in [1.29, 1.82) is 0 Å². The Hall–Kier alpha value is -0.443. The maximum atomic E-state index is 12.2. The van der Waals surface area contributed by atoms with E-state index in [2.05, 4.69) is 13.8 Å². The van der Waals surface area contributed by atoms with Gasteiger partial charge >= 0.3 is 0 Å². The molecule has 0 radical (unpaired) electrons. The first-order chi connectivity index (χ1) is 8.96. The van der Waals surface area contributed by atoms with Gasteiger partial charge in [-0.05, 0) is 12.8 Å². The average molecular weight is 285 g/mol. The van der Waals surface area contributed by atoms with E-state index in [0.29, 0.717) is 12.8 Å². The van der Waals surface area contributed by atoms with E-state index in [1.165, 1.54) is 25.7 Å². The van der Waals surface area contributed by atoms with Gasteiger partial charge in [-0.2, -0.15) is 0 Å². The molecule has 0 aliphatic carbocycles. The molecular formula is C16H32O2Si. The molecule has 19 heavy (non-hydrogen) atoms. The van der Waals surface area contributed by atoms with Gasteiger partial charge in [0.15, 0.2) is 0 Å². The molecule has 0 saturated carbocycles. The minimum Gasteiger partial charge on any atom is -0.305 e. The fourth-order valence-electron chi connectivity index (χ4n) is 2.21. The molecule has 0 aromatic rings. The van der Waals surface area contributed by atoms with Crippen molar-refractivity contribution in [3.05, 3.63) is 0 Å². The summed E-state index contributed by atoms with van der Waals surface area (Å²) >= 11 is 0. The molecule has 0 spiro atoms. The van der Waals surface area contributed by atoms with Crippen LogP contribution in [0.25, 0.3) is 0 Å². The summed E-state index contributed by atoms with van der Waals surface area (Å²) in [4.78, 5) is 24.4. The lowest BCUT2D eigenvalue weighted by Gasteiger charge is -2.19. The summed E-state index contributed by atoms with van der Waals surface area (Å²) in [6.45, 7) is 8.22. The van der Waals surface area contributed by atoms with Crippen molar-refractivity contribution in [3.63, 3.8) is 0 Å². The summed E-state index contributed by atoms with van der Waals surface area (Å²) in [7, 11) is -2.31. The van der Waals surface area contributed by atoms with Crippen molar-refractivity contribution in [1.82, 2.24) is 0 Å². The third-order valence-electron chi connectivity index (χ3n) is 3.91. The van der Waals surface area contributed by atoms with Crippen LogP contribution in [-0.2, 0) is 9.59 Å². The van der Waals surface area contributed by atoms with Crippen LogP contribution in [0.5, 0.6) is 0 Å². The van der Waals surface area contributed by atoms with Crippen molar-refractivity contribution in [2.45, 2.75) is 91.1 Å². The highest BCUT2D eigenvalue weighted by Gasteiger charge is 2.37. The van der Waals surface area contributed by atoms with Crippen LogP contribution in [0.15, 0.2) is 0 Å². The van der Waals surface area contributed by atoms with Crippen LogP contribution < -0.4 is 0 Å². The largest absolute Gasteiger partial charge is 0.305 e. The van der Waals surface area contributed by atoms with E-state index in [1.54, 1.807) is 0 Å². The molecule has 0 aliphatic heterocycles. The second-order valence-corrected chi connectivity index (χ2v) is 10.5. The normalized spacial score (nSPS) is 11.6. The van der Waals surface area contributed by atoms with Gasteiger partial charge in [0, 0.05) is 12.8 Å². The van der Waals surface area contributed by atoms with Crippen LogP contribution in [0.4, 0.5) is 0 Å². The molecule has 112 valence electrons. The summed E-state index contributed by atoms with van der Waals surface area (Å²) in [6.07, 6.45) is 10.2. The lowest BCUT2D eigenvalue weighted by Crippen LogP contribution is -2.46. The average Bonchev–Trinajstić information content (AvgIpc) is 2.39. The van der Waals surface area contributed by atoms with Gasteiger partial charge in [0.05, 0.1) is 0 Å². The molecule has 0 aromatic heterocycles. The van der Waals surface area contributed by atoms with E-state index >= 15 is 0 Å². The monoisotopic (exact) mass is 284 g/mol.